The van der Waals surface area contributed by atoms with Crippen LogP contribution in [0.25, 0.3) is 0 Å². The van der Waals surface area contributed by atoms with Gasteiger partial charge in [-0.3, -0.25) is 4.90 Å². The Labute approximate surface area is 92.4 Å². The molecule has 0 saturated carbocycles. The lowest BCUT2D eigenvalue weighted by Gasteiger charge is -2.28. The van der Waals surface area contributed by atoms with Crippen molar-refractivity contribution in [1.82, 2.24) is 15.5 Å². The molecule has 4 nitrogen and oxygen atoms in total. The summed E-state index contributed by atoms with van der Waals surface area (Å²) in [5.41, 5.74) is 0. The van der Waals surface area contributed by atoms with Gasteiger partial charge in [0.15, 0.2) is 0 Å². The largest absolute Gasteiger partial charge is 0.379 e. The first-order valence-electron chi connectivity index (χ1n) is 6.19. The zero-order valence-electron chi connectivity index (χ0n) is 9.50. The first-order chi connectivity index (χ1) is 7.45. The third-order valence-electron chi connectivity index (χ3n) is 3.30. The van der Waals surface area contributed by atoms with Crippen molar-refractivity contribution in [1.29, 1.82) is 0 Å². The molecular weight excluding hydrogens is 190 g/mol. The van der Waals surface area contributed by atoms with Crippen LogP contribution in [-0.2, 0) is 4.74 Å². The second kappa shape index (κ2) is 6.43. The van der Waals surface area contributed by atoms with Crippen molar-refractivity contribution in [3.05, 3.63) is 0 Å². The molecule has 0 atom stereocenters. The lowest BCUT2D eigenvalue weighted by molar-refractivity contribution is 0.0380. The van der Waals surface area contributed by atoms with Crippen molar-refractivity contribution in [2.24, 2.45) is 0 Å². The van der Waals surface area contributed by atoms with Crippen LogP contribution in [-0.4, -0.2) is 63.4 Å². The van der Waals surface area contributed by atoms with E-state index in [1.165, 1.54) is 32.5 Å². The van der Waals surface area contributed by atoms with Gasteiger partial charge in [0, 0.05) is 32.2 Å². The summed E-state index contributed by atoms with van der Waals surface area (Å²) in [5, 5.41) is 7.03. The zero-order chi connectivity index (χ0) is 10.3. The first kappa shape index (κ1) is 11.3. The van der Waals surface area contributed by atoms with Crippen molar-refractivity contribution in [3.63, 3.8) is 0 Å². The summed E-state index contributed by atoms with van der Waals surface area (Å²) in [5.74, 6) is 0. The van der Waals surface area contributed by atoms with Crippen molar-refractivity contribution < 1.29 is 4.74 Å². The third-order valence-corrected chi connectivity index (χ3v) is 3.30. The standard InChI is InChI=1S/C11H23N3O/c1-3-12-4-2-11(1)13-5-6-14-7-9-15-10-8-14/h11-13H,1-10H2. The van der Waals surface area contributed by atoms with Crippen LogP contribution in [0.5, 0.6) is 0 Å². The number of nitrogens with zero attached hydrogens (tertiary/aromatic N) is 1. The second-order valence-corrected chi connectivity index (χ2v) is 4.43. The Bertz CT molecular complexity index is 147. The molecule has 2 heterocycles. The van der Waals surface area contributed by atoms with Gasteiger partial charge in [0.25, 0.3) is 0 Å². The number of rotatable bonds is 4. The molecule has 0 amide bonds. The van der Waals surface area contributed by atoms with Gasteiger partial charge in [0.2, 0.25) is 0 Å². The molecule has 2 rings (SSSR count). The van der Waals surface area contributed by atoms with Crippen molar-refractivity contribution in [2.45, 2.75) is 18.9 Å². The normalized spacial score (nSPS) is 25.6. The summed E-state index contributed by atoms with van der Waals surface area (Å²) in [6.45, 7) is 8.69. The van der Waals surface area contributed by atoms with Crippen LogP contribution in [0.2, 0.25) is 0 Å². The maximum Gasteiger partial charge on any atom is 0.0594 e. The molecule has 15 heavy (non-hydrogen) atoms. The third kappa shape index (κ3) is 4.07. The smallest absolute Gasteiger partial charge is 0.0594 e. The lowest BCUT2D eigenvalue weighted by Crippen LogP contribution is -2.45. The van der Waals surface area contributed by atoms with E-state index in [2.05, 4.69) is 15.5 Å². The van der Waals surface area contributed by atoms with Crippen LogP contribution in [0.15, 0.2) is 0 Å². The van der Waals surface area contributed by atoms with Gasteiger partial charge < -0.3 is 15.4 Å². The molecule has 0 aromatic heterocycles. The van der Waals surface area contributed by atoms with Gasteiger partial charge in [-0.2, -0.15) is 0 Å². The molecule has 2 aliphatic rings. The van der Waals surface area contributed by atoms with Crippen LogP contribution in [0, 0.1) is 0 Å². The molecule has 2 saturated heterocycles. The molecule has 2 fully saturated rings. The monoisotopic (exact) mass is 213 g/mol. The minimum absolute atomic E-state index is 0.743. The molecular formula is C11H23N3O. The highest BCUT2D eigenvalue weighted by Gasteiger charge is 2.13. The van der Waals surface area contributed by atoms with E-state index < -0.39 is 0 Å². The lowest BCUT2D eigenvalue weighted by atomic mass is 10.1. The summed E-state index contributed by atoms with van der Waals surface area (Å²) < 4.78 is 5.33. The molecule has 2 aliphatic heterocycles. The van der Waals surface area contributed by atoms with Gasteiger partial charge in [-0.15, -0.1) is 0 Å². The highest BCUT2D eigenvalue weighted by Crippen LogP contribution is 2.01. The maximum atomic E-state index is 5.33. The summed E-state index contributed by atoms with van der Waals surface area (Å²) in [6, 6.07) is 0.743. The van der Waals surface area contributed by atoms with Crippen molar-refractivity contribution >= 4 is 0 Å². The first-order valence-corrected chi connectivity index (χ1v) is 6.19. The van der Waals surface area contributed by atoms with Crippen LogP contribution in [0.3, 0.4) is 0 Å². The fourth-order valence-corrected chi connectivity index (χ4v) is 2.28. The number of ether oxygens (including phenoxy) is 1. The van der Waals surface area contributed by atoms with E-state index in [1.54, 1.807) is 0 Å². The predicted octanol–water partition coefficient (Wildman–Crippen LogP) is -0.340. The maximum absolute atomic E-state index is 5.33. The van der Waals surface area contributed by atoms with Gasteiger partial charge in [0.1, 0.15) is 0 Å². The molecule has 88 valence electrons. The number of hydrogen-bond donors (Lipinski definition) is 2. The van der Waals surface area contributed by atoms with Crippen LogP contribution >= 0.6 is 0 Å². The molecule has 0 radical (unpaired) electrons. The summed E-state index contributed by atoms with van der Waals surface area (Å²) in [6.07, 6.45) is 2.56. The van der Waals surface area contributed by atoms with Gasteiger partial charge >= 0.3 is 0 Å². The highest BCUT2D eigenvalue weighted by molar-refractivity contribution is 4.75. The van der Waals surface area contributed by atoms with Gasteiger partial charge in [0.05, 0.1) is 13.2 Å². The summed E-state index contributed by atoms with van der Waals surface area (Å²) in [7, 11) is 0. The van der Waals surface area contributed by atoms with E-state index in [0.29, 0.717) is 0 Å². The van der Waals surface area contributed by atoms with Crippen LogP contribution in [0.4, 0.5) is 0 Å². The average molecular weight is 213 g/mol. The van der Waals surface area contributed by atoms with E-state index in [0.717, 1.165) is 38.9 Å². The van der Waals surface area contributed by atoms with Gasteiger partial charge in [-0.05, 0) is 25.9 Å². The topological polar surface area (TPSA) is 36.5 Å². The number of nitrogens with one attached hydrogen (secondary N) is 2. The summed E-state index contributed by atoms with van der Waals surface area (Å²) in [4.78, 5) is 2.48. The average Bonchev–Trinajstić information content (AvgIpc) is 2.32. The fourth-order valence-electron chi connectivity index (χ4n) is 2.28. The molecule has 0 aromatic carbocycles. The number of morpholine rings is 1. The molecule has 0 aliphatic carbocycles. The van der Waals surface area contributed by atoms with E-state index in [1.807, 2.05) is 0 Å². The Kier molecular flexibility index (Phi) is 4.86. The Morgan fingerprint density at radius 2 is 1.93 bits per heavy atom. The van der Waals surface area contributed by atoms with Gasteiger partial charge in [-0.1, -0.05) is 0 Å². The van der Waals surface area contributed by atoms with E-state index in [-0.39, 0.29) is 0 Å². The highest BCUT2D eigenvalue weighted by atomic mass is 16.5. The molecule has 0 aromatic rings. The van der Waals surface area contributed by atoms with Gasteiger partial charge in [-0.25, -0.2) is 0 Å². The molecule has 0 spiro atoms. The number of piperidine rings is 1. The van der Waals surface area contributed by atoms with Crippen molar-refractivity contribution in [2.75, 3.05) is 52.5 Å². The van der Waals surface area contributed by atoms with E-state index in [4.69, 9.17) is 4.74 Å². The second-order valence-electron chi connectivity index (χ2n) is 4.43. The van der Waals surface area contributed by atoms with Crippen molar-refractivity contribution in [3.8, 4) is 0 Å². The Morgan fingerprint density at radius 1 is 1.20 bits per heavy atom. The Hall–Kier alpha value is -0.160. The minimum Gasteiger partial charge on any atom is -0.379 e. The number of hydrogen-bond acceptors (Lipinski definition) is 4. The van der Waals surface area contributed by atoms with Crippen LogP contribution < -0.4 is 10.6 Å². The molecule has 0 bridgehead atoms. The van der Waals surface area contributed by atoms with E-state index in [9.17, 15) is 0 Å². The predicted molar refractivity (Wildman–Crippen MR) is 61.2 cm³/mol. The Morgan fingerprint density at radius 3 is 2.67 bits per heavy atom. The molecule has 4 heteroatoms. The SMILES string of the molecule is C1CC(NCCN2CCOCC2)CCN1. The minimum atomic E-state index is 0.743. The molecule has 0 unspecified atom stereocenters. The van der Waals surface area contributed by atoms with E-state index >= 15 is 0 Å². The Balaban J connectivity index is 1.53. The fraction of sp³-hybridized carbons (Fsp3) is 1.00. The van der Waals surface area contributed by atoms with Crippen LogP contribution in [0.1, 0.15) is 12.8 Å². The molecule has 2 N–H and O–H groups in total. The zero-order valence-corrected chi connectivity index (χ0v) is 9.50. The summed E-state index contributed by atoms with van der Waals surface area (Å²) >= 11 is 0. The quantitative estimate of drug-likeness (QED) is 0.670.